The van der Waals surface area contributed by atoms with Crippen LogP contribution in [0.1, 0.15) is 17.5 Å². The van der Waals surface area contributed by atoms with E-state index in [4.69, 9.17) is 11.6 Å². The summed E-state index contributed by atoms with van der Waals surface area (Å²) in [6.07, 6.45) is 1.55. The highest BCUT2D eigenvalue weighted by Gasteiger charge is 2.19. The Kier molecular flexibility index (Phi) is 5.86. The molecular weight excluding hydrogens is 272 g/mol. The third-order valence-electron chi connectivity index (χ3n) is 3.94. The Morgan fingerprint density at radius 2 is 2.00 bits per heavy atom. The van der Waals surface area contributed by atoms with E-state index in [0.29, 0.717) is 12.3 Å². The highest BCUT2D eigenvalue weighted by Crippen LogP contribution is 2.11. The van der Waals surface area contributed by atoms with Gasteiger partial charge in [0.05, 0.1) is 6.42 Å². The molecule has 2 rings (SSSR count). The number of rotatable bonds is 4. The minimum atomic E-state index is 0.243. The van der Waals surface area contributed by atoms with Crippen molar-refractivity contribution in [2.24, 2.45) is 0 Å². The van der Waals surface area contributed by atoms with Crippen LogP contribution in [0.3, 0.4) is 0 Å². The average Bonchev–Trinajstić information content (AvgIpc) is 2.67. The summed E-state index contributed by atoms with van der Waals surface area (Å²) in [4.78, 5) is 16.8. The van der Waals surface area contributed by atoms with Crippen molar-refractivity contribution in [3.05, 3.63) is 35.4 Å². The molecule has 0 bridgehead atoms. The Bertz CT molecular complexity index is 450. The van der Waals surface area contributed by atoms with Crippen molar-refractivity contribution in [3.63, 3.8) is 0 Å². The van der Waals surface area contributed by atoms with Crippen LogP contribution in [-0.2, 0) is 11.2 Å². The largest absolute Gasteiger partial charge is 0.341 e. The zero-order valence-corrected chi connectivity index (χ0v) is 12.9. The molecule has 0 unspecified atom stereocenters. The number of amides is 1. The average molecular weight is 295 g/mol. The Morgan fingerprint density at radius 1 is 1.20 bits per heavy atom. The summed E-state index contributed by atoms with van der Waals surface area (Å²) in [5.74, 6) is 0.906. The standard InChI is InChI=1S/C16H23ClN2O/c1-14-5-2-3-6-15(14)13-16(20)19-9-4-8-18(10-7-17)11-12-19/h2-3,5-6H,4,7-13H2,1H3. The predicted octanol–water partition coefficient (Wildman–Crippen LogP) is 2.31. The fourth-order valence-corrected chi connectivity index (χ4v) is 2.89. The topological polar surface area (TPSA) is 23.6 Å². The Labute approximate surface area is 126 Å². The first-order chi connectivity index (χ1) is 9.70. The number of hydrogen-bond donors (Lipinski definition) is 0. The lowest BCUT2D eigenvalue weighted by atomic mass is 10.1. The molecule has 1 aliphatic heterocycles. The molecule has 1 saturated heterocycles. The highest BCUT2D eigenvalue weighted by molar-refractivity contribution is 6.18. The molecule has 1 amide bonds. The van der Waals surface area contributed by atoms with E-state index < -0.39 is 0 Å². The zero-order chi connectivity index (χ0) is 14.4. The number of hydrogen-bond acceptors (Lipinski definition) is 2. The molecule has 110 valence electrons. The van der Waals surface area contributed by atoms with Crippen molar-refractivity contribution in [1.29, 1.82) is 0 Å². The predicted molar refractivity (Wildman–Crippen MR) is 83.2 cm³/mol. The SMILES string of the molecule is Cc1ccccc1CC(=O)N1CCCN(CCCl)CC1. The van der Waals surface area contributed by atoms with Gasteiger partial charge < -0.3 is 9.80 Å². The van der Waals surface area contributed by atoms with Crippen LogP contribution in [0.2, 0.25) is 0 Å². The van der Waals surface area contributed by atoms with Crippen molar-refractivity contribution in [2.45, 2.75) is 19.8 Å². The number of alkyl halides is 1. The van der Waals surface area contributed by atoms with E-state index in [9.17, 15) is 4.79 Å². The van der Waals surface area contributed by atoms with Gasteiger partial charge in [-0.05, 0) is 31.0 Å². The maximum absolute atomic E-state index is 12.4. The van der Waals surface area contributed by atoms with Crippen molar-refractivity contribution < 1.29 is 4.79 Å². The molecule has 0 saturated carbocycles. The maximum Gasteiger partial charge on any atom is 0.227 e. The Morgan fingerprint density at radius 3 is 2.75 bits per heavy atom. The first kappa shape index (κ1) is 15.3. The number of carbonyl (C=O) groups excluding carboxylic acids is 1. The Hall–Kier alpha value is -1.06. The Balaban J connectivity index is 1.91. The van der Waals surface area contributed by atoms with Gasteiger partial charge in [-0.2, -0.15) is 0 Å². The van der Waals surface area contributed by atoms with Crippen LogP contribution in [0.15, 0.2) is 24.3 Å². The highest BCUT2D eigenvalue weighted by atomic mass is 35.5. The molecule has 1 heterocycles. The molecule has 0 atom stereocenters. The van der Waals surface area contributed by atoms with Crippen LogP contribution >= 0.6 is 11.6 Å². The van der Waals surface area contributed by atoms with Crippen molar-refractivity contribution in [1.82, 2.24) is 9.80 Å². The lowest BCUT2D eigenvalue weighted by Gasteiger charge is -2.22. The first-order valence-corrected chi connectivity index (χ1v) is 7.85. The van der Waals surface area contributed by atoms with Crippen LogP contribution in [0.5, 0.6) is 0 Å². The summed E-state index contributed by atoms with van der Waals surface area (Å²) in [5.41, 5.74) is 2.33. The van der Waals surface area contributed by atoms with Crippen LogP contribution in [0, 0.1) is 6.92 Å². The summed E-state index contributed by atoms with van der Waals surface area (Å²) < 4.78 is 0. The molecule has 0 N–H and O–H groups in total. The van der Waals surface area contributed by atoms with Crippen LogP contribution in [0.4, 0.5) is 0 Å². The molecule has 4 heteroatoms. The summed E-state index contributed by atoms with van der Waals surface area (Å²) in [6.45, 7) is 6.65. The van der Waals surface area contributed by atoms with Crippen LogP contribution in [-0.4, -0.2) is 54.3 Å². The first-order valence-electron chi connectivity index (χ1n) is 7.31. The monoisotopic (exact) mass is 294 g/mol. The van der Waals surface area contributed by atoms with Gasteiger partial charge in [-0.1, -0.05) is 24.3 Å². The van der Waals surface area contributed by atoms with E-state index in [1.54, 1.807) is 0 Å². The number of aryl methyl sites for hydroxylation is 1. The third-order valence-corrected chi connectivity index (χ3v) is 4.11. The fraction of sp³-hybridized carbons (Fsp3) is 0.562. The van der Waals surface area contributed by atoms with Crippen LogP contribution in [0.25, 0.3) is 0 Å². The van der Waals surface area contributed by atoms with E-state index >= 15 is 0 Å². The molecule has 1 aromatic carbocycles. The number of nitrogens with zero attached hydrogens (tertiary/aromatic N) is 2. The summed E-state index contributed by atoms with van der Waals surface area (Å²) in [6, 6.07) is 8.12. The molecular formula is C16H23ClN2O. The molecule has 0 spiro atoms. The second-order valence-electron chi connectivity index (χ2n) is 5.37. The van der Waals surface area contributed by atoms with Crippen molar-refractivity contribution >= 4 is 17.5 Å². The smallest absolute Gasteiger partial charge is 0.227 e. The van der Waals surface area contributed by atoms with Gasteiger partial charge in [0.25, 0.3) is 0 Å². The molecule has 3 nitrogen and oxygen atoms in total. The second kappa shape index (κ2) is 7.65. The number of benzene rings is 1. The minimum absolute atomic E-state index is 0.243. The van der Waals surface area contributed by atoms with Gasteiger partial charge in [-0.3, -0.25) is 4.79 Å². The molecule has 0 aliphatic carbocycles. The van der Waals surface area contributed by atoms with Gasteiger partial charge in [-0.25, -0.2) is 0 Å². The molecule has 1 aromatic rings. The lowest BCUT2D eigenvalue weighted by Crippen LogP contribution is -2.36. The zero-order valence-electron chi connectivity index (χ0n) is 12.1. The second-order valence-corrected chi connectivity index (χ2v) is 5.75. The van der Waals surface area contributed by atoms with Crippen molar-refractivity contribution in [3.8, 4) is 0 Å². The van der Waals surface area contributed by atoms with Gasteiger partial charge in [0.2, 0.25) is 5.91 Å². The fourth-order valence-electron chi connectivity index (χ4n) is 2.65. The van der Waals surface area contributed by atoms with Gasteiger partial charge in [0.1, 0.15) is 0 Å². The quantitative estimate of drug-likeness (QED) is 0.796. The summed E-state index contributed by atoms with van der Waals surface area (Å²) in [5, 5.41) is 0. The number of halogens is 1. The molecule has 20 heavy (non-hydrogen) atoms. The van der Waals surface area contributed by atoms with Gasteiger partial charge in [0.15, 0.2) is 0 Å². The van der Waals surface area contributed by atoms with E-state index in [2.05, 4.69) is 17.9 Å². The third kappa shape index (κ3) is 4.22. The molecule has 0 radical (unpaired) electrons. The van der Waals surface area contributed by atoms with E-state index in [1.165, 1.54) is 5.56 Å². The molecule has 1 aliphatic rings. The van der Waals surface area contributed by atoms with E-state index in [-0.39, 0.29) is 5.91 Å². The van der Waals surface area contributed by atoms with Gasteiger partial charge in [-0.15, -0.1) is 11.6 Å². The lowest BCUT2D eigenvalue weighted by molar-refractivity contribution is -0.130. The van der Waals surface area contributed by atoms with Gasteiger partial charge in [0, 0.05) is 32.1 Å². The summed E-state index contributed by atoms with van der Waals surface area (Å²) in [7, 11) is 0. The van der Waals surface area contributed by atoms with Crippen LogP contribution < -0.4 is 0 Å². The maximum atomic E-state index is 12.4. The number of carbonyl (C=O) groups is 1. The van der Waals surface area contributed by atoms with E-state index in [0.717, 1.165) is 44.7 Å². The van der Waals surface area contributed by atoms with Gasteiger partial charge >= 0.3 is 0 Å². The molecule has 0 aromatic heterocycles. The normalized spacial score (nSPS) is 17.0. The molecule has 1 fully saturated rings. The summed E-state index contributed by atoms with van der Waals surface area (Å²) >= 11 is 5.79. The van der Waals surface area contributed by atoms with Crippen molar-refractivity contribution in [2.75, 3.05) is 38.6 Å². The minimum Gasteiger partial charge on any atom is -0.341 e. The van der Waals surface area contributed by atoms with E-state index in [1.807, 2.05) is 23.1 Å².